The van der Waals surface area contributed by atoms with Gasteiger partial charge < -0.3 is 5.32 Å². The normalized spacial score (nSPS) is 16.9. The maximum atomic E-state index is 13.3. The molecule has 0 spiro atoms. The molecule has 4 rings (SSSR count). The van der Waals surface area contributed by atoms with Crippen molar-refractivity contribution < 1.29 is 26.4 Å². The largest absolute Gasteiger partial charge is 0.416 e. The lowest BCUT2D eigenvalue weighted by molar-refractivity contribution is -0.137. The Morgan fingerprint density at radius 1 is 1.03 bits per heavy atom. The summed E-state index contributed by atoms with van der Waals surface area (Å²) in [5.41, 5.74) is 0.134. The van der Waals surface area contributed by atoms with Crippen molar-refractivity contribution >= 4 is 38.5 Å². The molecule has 1 aliphatic rings. The zero-order valence-corrected chi connectivity index (χ0v) is 17.4. The number of nitrogens with one attached hydrogen (secondary N) is 1. The van der Waals surface area contributed by atoms with Crippen LogP contribution in [0.25, 0.3) is 0 Å². The lowest BCUT2D eigenvalue weighted by atomic mass is 10.2. The molecule has 2 heterocycles. The number of rotatable bonds is 4. The molecule has 10 heteroatoms. The van der Waals surface area contributed by atoms with Crippen LogP contribution in [0.3, 0.4) is 0 Å². The zero-order valence-electron chi connectivity index (χ0n) is 15.8. The molecule has 0 amide bonds. The van der Waals surface area contributed by atoms with Gasteiger partial charge in [0, 0.05) is 11.9 Å². The van der Waals surface area contributed by atoms with E-state index in [2.05, 4.69) is 5.32 Å². The van der Waals surface area contributed by atoms with E-state index in [1.54, 1.807) is 41.8 Å². The summed E-state index contributed by atoms with van der Waals surface area (Å²) in [6.45, 7) is 0.0150. The molecule has 0 radical (unpaired) electrons. The Hall–Kier alpha value is -3.11. The Kier molecular flexibility index (Phi) is 5.36. The highest BCUT2D eigenvalue weighted by Gasteiger charge is 2.41. The molecule has 1 N–H and O–H groups in total. The Morgan fingerprint density at radius 2 is 1.77 bits per heavy atom. The molecule has 0 saturated heterocycles. The number of hydrogen-bond donors (Lipinski definition) is 1. The molecular formula is C21H15F3N2O3S2. The molecule has 0 saturated carbocycles. The first-order valence-corrected chi connectivity index (χ1v) is 11.3. The van der Waals surface area contributed by atoms with Crippen LogP contribution >= 0.6 is 11.3 Å². The number of nitrogens with zero attached hydrogens (tertiary/aromatic N) is 1. The Bertz CT molecular complexity index is 1270. The van der Waals surface area contributed by atoms with Crippen LogP contribution in [-0.4, -0.2) is 14.2 Å². The highest BCUT2D eigenvalue weighted by molar-refractivity contribution is 7.97. The number of carbonyl (C=O) groups is 1. The Morgan fingerprint density at radius 3 is 2.48 bits per heavy atom. The van der Waals surface area contributed by atoms with Crippen LogP contribution in [-0.2, 0) is 22.7 Å². The summed E-state index contributed by atoms with van der Waals surface area (Å²) in [5.74, 6) is -0.700. The van der Waals surface area contributed by atoms with Gasteiger partial charge in [-0.2, -0.15) is 13.2 Å². The molecule has 5 nitrogen and oxygen atoms in total. The van der Waals surface area contributed by atoms with Crippen molar-refractivity contribution in [3.05, 3.63) is 93.2 Å². The van der Waals surface area contributed by atoms with E-state index < -0.39 is 32.5 Å². The quantitative estimate of drug-likeness (QED) is 0.536. The summed E-state index contributed by atoms with van der Waals surface area (Å²) in [7, 11) is -4.24. The fourth-order valence-electron chi connectivity index (χ4n) is 3.14. The molecule has 160 valence electrons. The summed E-state index contributed by atoms with van der Waals surface area (Å²) < 4.78 is 66.5. The lowest BCUT2D eigenvalue weighted by Crippen LogP contribution is -2.38. The van der Waals surface area contributed by atoms with Gasteiger partial charge in [-0.25, -0.2) is 8.42 Å². The van der Waals surface area contributed by atoms with Crippen LogP contribution in [0.2, 0.25) is 0 Å². The van der Waals surface area contributed by atoms with E-state index in [0.717, 1.165) is 39.5 Å². The lowest BCUT2D eigenvalue weighted by Gasteiger charge is -2.29. The minimum atomic E-state index is -4.55. The van der Waals surface area contributed by atoms with Crippen LogP contribution in [0.4, 0.5) is 24.5 Å². The van der Waals surface area contributed by atoms with Crippen molar-refractivity contribution in [2.75, 3.05) is 9.62 Å². The first-order chi connectivity index (χ1) is 14.7. The number of ketones is 1. The average Bonchev–Trinajstić information content (AvgIpc) is 3.21. The molecule has 0 aliphatic carbocycles. The van der Waals surface area contributed by atoms with Crippen molar-refractivity contribution in [3.8, 4) is 0 Å². The third-order valence-corrected chi connectivity index (χ3v) is 7.31. The molecule has 31 heavy (non-hydrogen) atoms. The molecular weight excluding hydrogens is 449 g/mol. The van der Waals surface area contributed by atoms with Crippen LogP contribution < -0.4 is 9.62 Å². The topological polar surface area (TPSA) is 66.5 Å². The van der Waals surface area contributed by atoms with E-state index >= 15 is 0 Å². The second-order valence-electron chi connectivity index (χ2n) is 6.69. The smallest absolute Gasteiger partial charge is 0.360 e. The second kappa shape index (κ2) is 7.86. The SMILES string of the molecule is O=C1C(=CNc2cccc(C(F)(F)F)c2)S(=O)(=O)N(Cc2ccccc2)c2ccsc21. The summed E-state index contributed by atoms with van der Waals surface area (Å²) in [6, 6.07) is 14.7. The van der Waals surface area contributed by atoms with E-state index in [0.29, 0.717) is 0 Å². The van der Waals surface area contributed by atoms with Gasteiger partial charge in [0.1, 0.15) is 4.88 Å². The summed E-state index contributed by atoms with van der Waals surface area (Å²) in [4.78, 5) is 12.6. The van der Waals surface area contributed by atoms with E-state index in [1.807, 2.05) is 0 Å². The Labute approximate surface area is 180 Å². The summed E-state index contributed by atoms with van der Waals surface area (Å²) >= 11 is 1.11. The van der Waals surface area contributed by atoms with Crippen molar-refractivity contribution in [2.24, 2.45) is 0 Å². The average molecular weight is 464 g/mol. The highest BCUT2D eigenvalue weighted by atomic mass is 32.2. The van der Waals surface area contributed by atoms with Gasteiger partial charge >= 0.3 is 6.18 Å². The number of hydrogen-bond acceptors (Lipinski definition) is 5. The number of thiophene rings is 1. The van der Waals surface area contributed by atoms with Crippen LogP contribution in [0, 0.1) is 0 Å². The minimum absolute atomic E-state index is 0.0110. The maximum Gasteiger partial charge on any atom is 0.416 e. The minimum Gasteiger partial charge on any atom is -0.360 e. The van der Waals surface area contributed by atoms with E-state index in [4.69, 9.17) is 0 Å². The van der Waals surface area contributed by atoms with Gasteiger partial charge in [-0.1, -0.05) is 36.4 Å². The number of sulfonamides is 1. The molecule has 1 aromatic heterocycles. The molecule has 0 bridgehead atoms. The third-order valence-electron chi connectivity index (χ3n) is 4.64. The molecule has 2 aromatic carbocycles. The van der Waals surface area contributed by atoms with E-state index in [9.17, 15) is 26.4 Å². The predicted molar refractivity (Wildman–Crippen MR) is 113 cm³/mol. The van der Waals surface area contributed by atoms with Crippen LogP contribution in [0.15, 0.2) is 77.1 Å². The first-order valence-electron chi connectivity index (χ1n) is 9.01. The fourth-order valence-corrected chi connectivity index (χ4v) is 5.62. The number of allylic oxidation sites excluding steroid dienone is 1. The van der Waals surface area contributed by atoms with Gasteiger partial charge in [0.2, 0.25) is 5.78 Å². The number of Topliss-reactive ketones (excluding diaryl/α,β-unsaturated/α-hetero) is 1. The molecule has 1 aliphatic heterocycles. The standard InChI is InChI=1S/C21H15F3N2O3S2/c22-21(23,24)15-7-4-8-16(11-15)25-12-18-19(27)20-17(9-10-30-20)26(31(18,28)29)13-14-5-2-1-3-6-14/h1-12,25H,13H2. The van der Waals surface area contributed by atoms with Gasteiger partial charge in [0.15, 0.2) is 4.91 Å². The maximum absolute atomic E-state index is 13.3. The monoisotopic (exact) mass is 464 g/mol. The molecule has 3 aromatic rings. The number of alkyl halides is 3. The molecule has 0 atom stereocenters. The van der Waals surface area contributed by atoms with E-state index in [1.165, 1.54) is 12.1 Å². The fraction of sp³-hybridized carbons (Fsp3) is 0.0952. The van der Waals surface area contributed by atoms with Crippen molar-refractivity contribution in [1.82, 2.24) is 0 Å². The number of anilines is 2. The summed E-state index contributed by atoms with van der Waals surface area (Å²) in [6.07, 6.45) is -3.59. The number of fused-ring (bicyclic) bond motifs is 1. The molecule has 0 fully saturated rings. The van der Waals surface area contributed by atoms with Gasteiger partial charge in [0.25, 0.3) is 10.0 Å². The van der Waals surface area contributed by atoms with Gasteiger partial charge in [-0.3, -0.25) is 9.10 Å². The highest BCUT2D eigenvalue weighted by Crippen LogP contribution is 2.39. The van der Waals surface area contributed by atoms with Crippen LogP contribution in [0.5, 0.6) is 0 Å². The van der Waals surface area contributed by atoms with Crippen molar-refractivity contribution in [3.63, 3.8) is 0 Å². The van der Waals surface area contributed by atoms with Crippen LogP contribution in [0.1, 0.15) is 20.8 Å². The Balaban J connectivity index is 1.72. The van der Waals surface area contributed by atoms with Gasteiger partial charge in [-0.05, 0) is 35.2 Å². The predicted octanol–water partition coefficient (Wildman–Crippen LogP) is 5.25. The van der Waals surface area contributed by atoms with Gasteiger partial charge in [-0.15, -0.1) is 11.3 Å². The van der Waals surface area contributed by atoms with Crippen molar-refractivity contribution in [2.45, 2.75) is 12.7 Å². The second-order valence-corrected chi connectivity index (χ2v) is 9.44. The number of halogens is 3. The first kappa shape index (κ1) is 21.1. The molecule has 0 unspecified atom stereocenters. The van der Waals surface area contributed by atoms with Crippen molar-refractivity contribution in [1.29, 1.82) is 0 Å². The number of benzene rings is 2. The van der Waals surface area contributed by atoms with E-state index in [-0.39, 0.29) is 22.8 Å². The van der Waals surface area contributed by atoms with Gasteiger partial charge in [0.05, 0.1) is 17.8 Å². The number of carbonyl (C=O) groups excluding carboxylic acids is 1. The summed E-state index contributed by atoms with van der Waals surface area (Å²) in [5, 5.41) is 4.16. The third kappa shape index (κ3) is 4.08. The zero-order chi connectivity index (χ0) is 22.2.